The summed E-state index contributed by atoms with van der Waals surface area (Å²) in [5, 5.41) is 8.95. The number of ether oxygens (including phenoxy) is 1. The zero-order valence-corrected chi connectivity index (χ0v) is 14.8. The van der Waals surface area contributed by atoms with E-state index >= 15 is 0 Å². The van der Waals surface area contributed by atoms with Gasteiger partial charge in [-0.15, -0.1) is 0 Å². The Morgan fingerprint density at radius 2 is 1.89 bits per heavy atom. The van der Waals surface area contributed by atoms with Crippen LogP contribution in [0.3, 0.4) is 0 Å². The first-order chi connectivity index (χ1) is 13.0. The molecule has 1 aliphatic carbocycles. The number of carbonyl (C=O) groups excluding carboxylic acids is 1. The summed E-state index contributed by atoms with van der Waals surface area (Å²) in [4.78, 5) is 13.1. The quantitative estimate of drug-likeness (QED) is 0.726. The number of hydrogen-bond donors (Lipinski definition) is 0. The van der Waals surface area contributed by atoms with Crippen LogP contribution in [0.25, 0.3) is 11.1 Å². The van der Waals surface area contributed by atoms with Crippen LogP contribution in [0.5, 0.6) is 5.75 Å². The number of carbonyl (C=O) groups is 1. The maximum absolute atomic E-state index is 14.2. The first-order valence-corrected chi connectivity index (χ1v) is 9.24. The monoisotopic (exact) mass is 367 g/mol. The van der Waals surface area contributed by atoms with E-state index in [1.54, 1.807) is 18.2 Å². The number of benzene rings is 2. The molecule has 2 aliphatic rings. The van der Waals surface area contributed by atoms with E-state index in [0.717, 1.165) is 43.9 Å². The summed E-state index contributed by atoms with van der Waals surface area (Å²) < 4.78 is 34.1. The molecule has 1 fully saturated rings. The van der Waals surface area contributed by atoms with Gasteiger partial charge in [0.15, 0.2) is 5.78 Å². The standard InChI is InChI=1S/C22H19F2NO2/c23-15-6-8-19(24)17(13-15)14-5-7-16-20(12-14)27-22(9-1-2-10-22)18(21(16)26)4-3-11-25/h5-8,12-13,18H,1-4,9-10H2. The highest BCUT2D eigenvalue weighted by Gasteiger charge is 2.50. The fourth-order valence-electron chi connectivity index (χ4n) is 4.44. The second-order valence-electron chi connectivity index (χ2n) is 7.32. The van der Waals surface area contributed by atoms with Crippen LogP contribution in [0.4, 0.5) is 8.78 Å². The van der Waals surface area contributed by atoms with Gasteiger partial charge in [-0.1, -0.05) is 6.07 Å². The van der Waals surface area contributed by atoms with Crippen molar-refractivity contribution in [3.63, 3.8) is 0 Å². The second-order valence-corrected chi connectivity index (χ2v) is 7.32. The van der Waals surface area contributed by atoms with Crippen LogP contribution in [-0.2, 0) is 0 Å². The Morgan fingerprint density at radius 1 is 1.11 bits per heavy atom. The van der Waals surface area contributed by atoms with Gasteiger partial charge in [-0.3, -0.25) is 4.79 Å². The van der Waals surface area contributed by atoms with Gasteiger partial charge in [0.2, 0.25) is 0 Å². The van der Waals surface area contributed by atoms with E-state index in [4.69, 9.17) is 10.00 Å². The van der Waals surface area contributed by atoms with Gasteiger partial charge in [0.1, 0.15) is 23.0 Å². The molecule has 0 bridgehead atoms. The van der Waals surface area contributed by atoms with Gasteiger partial charge in [0.25, 0.3) is 0 Å². The van der Waals surface area contributed by atoms with Gasteiger partial charge in [-0.05, 0) is 68.0 Å². The van der Waals surface area contributed by atoms with Crippen LogP contribution in [0, 0.1) is 28.9 Å². The molecule has 4 rings (SSSR count). The molecule has 1 saturated carbocycles. The van der Waals surface area contributed by atoms with Gasteiger partial charge < -0.3 is 4.74 Å². The van der Waals surface area contributed by atoms with Crippen molar-refractivity contribution >= 4 is 5.78 Å². The molecular formula is C22H19F2NO2. The van der Waals surface area contributed by atoms with E-state index < -0.39 is 17.2 Å². The molecule has 0 saturated heterocycles. The van der Waals surface area contributed by atoms with E-state index in [-0.39, 0.29) is 17.3 Å². The molecule has 1 atom stereocenters. The average Bonchev–Trinajstić information content (AvgIpc) is 3.12. The molecular weight excluding hydrogens is 348 g/mol. The van der Waals surface area contributed by atoms with Crippen LogP contribution < -0.4 is 4.74 Å². The van der Waals surface area contributed by atoms with Gasteiger partial charge in [0, 0.05) is 12.0 Å². The average molecular weight is 367 g/mol. The Bertz CT molecular complexity index is 942. The van der Waals surface area contributed by atoms with Crippen molar-refractivity contribution in [3.05, 3.63) is 53.6 Å². The van der Waals surface area contributed by atoms with E-state index in [1.165, 1.54) is 0 Å². The van der Waals surface area contributed by atoms with E-state index in [1.807, 2.05) is 0 Å². The number of ketones is 1. The van der Waals surface area contributed by atoms with Crippen LogP contribution in [0.15, 0.2) is 36.4 Å². The lowest BCUT2D eigenvalue weighted by atomic mass is 9.75. The molecule has 138 valence electrons. The highest BCUT2D eigenvalue weighted by molar-refractivity contribution is 6.02. The number of hydrogen-bond acceptors (Lipinski definition) is 3. The molecule has 27 heavy (non-hydrogen) atoms. The fourth-order valence-corrected chi connectivity index (χ4v) is 4.44. The molecule has 1 heterocycles. The minimum Gasteiger partial charge on any atom is -0.486 e. The lowest BCUT2D eigenvalue weighted by molar-refractivity contribution is 0.00319. The maximum atomic E-state index is 14.2. The van der Waals surface area contributed by atoms with Gasteiger partial charge in [-0.2, -0.15) is 5.26 Å². The van der Waals surface area contributed by atoms with E-state index in [9.17, 15) is 13.6 Å². The molecule has 0 aromatic heterocycles. The summed E-state index contributed by atoms with van der Waals surface area (Å²) in [5.74, 6) is -0.967. The third kappa shape index (κ3) is 2.99. The Labute approximate surface area is 156 Å². The number of halogens is 2. The smallest absolute Gasteiger partial charge is 0.173 e. The topological polar surface area (TPSA) is 50.1 Å². The molecule has 1 aliphatic heterocycles. The minimum atomic E-state index is -0.583. The Hall–Kier alpha value is -2.74. The van der Waals surface area contributed by atoms with Gasteiger partial charge in [-0.25, -0.2) is 8.78 Å². The summed E-state index contributed by atoms with van der Waals surface area (Å²) in [6.45, 7) is 0. The fraction of sp³-hybridized carbons (Fsp3) is 0.364. The predicted molar refractivity (Wildman–Crippen MR) is 96.3 cm³/mol. The van der Waals surface area contributed by atoms with Crippen molar-refractivity contribution in [2.45, 2.75) is 44.1 Å². The van der Waals surface area contributed by atoms with Crippen LogP contribution >= 0.6 is 0 Å². The van der Waals surface area contributed by atoms with Crippen molar-refractivity contribution in [2.75, 3.05) is 0 Å². The van der Waals surface area contributed by atoms with Crippen molar-refractivity contribution in [3.8, 4) is 22.9 Å². The van der Waals surface area contributed by atoms with Gasteiger partial charge >= 0.3 is 0 Å². The summed E-state index contributed by atoms with van der Waals surface area (Å²) >= 11 is 0. The molecule has 5 heteroatoms. The molecule has 0 amide bonds. The number of Topliss-reactive ketones (excluding diaryl/α,β-unsaturated/α-hetero) is 1. The van der Waals surface area contributed by atoms with Crippen LogP contribution in [0.1, 0.15) is 48.9 Å². The summed E-state index contributed by atoms with van der Waals surface area (Å²) in [7, 11) is 0. The second kappa shape index (κ2) is 6.77. The first kappa shape index (κ1) is 17.7. The molecule has 2 aromatic carbocycles. The summed E-state index contributed by atoms with van der Waals surface area (Å²) in [6, 6.07) is 10.3. The highest BCUT2D eigenvalue weighted by Crippen LogP contribution is 2.48. The number of nitriles is 1. The summed E-state index contributed by atoms with van der Waals surface area (Å²) in [6.07, 6.45) is 4.28. The number of fused-ring (bicyclic) bond motifs is 1. The lowest BCUT2D eigenvalue weighted by Crippen LogP contribution is -2.48. The maximum Gasteiger partial charge on any atom is 0.173 e. The molecule has 3 nitrogen and oxygen atoms in total. The zero-order valence-electron chi connectivity index (χ0n) is 14.8. The molecule has 0 radical (unpaired) electrons. The molecule has 1 spiro atoms. The van der Waals surface area contributed by atoms with Gasteiger partial charge in [0.05, 0.1) is 17.6 Å². The molecule has 2 aromatic rings. The third-order valence-electron chi connectivity index (χ3n) is 5.75. The largest absolute Gasteiger partial charge is 0.486 e. The lowest BCUT2D eigenvalue weighted by Gasteiger charge is -2.41. The Kier molecular flexibility index (Phi) is 4.43. The molecule has 0 N–H and O–H groups in total. The van der Waals surface area contributed by atoms with Crippen LogP contribution in [-0.4, -0.2) is 11.4 Å². The first-order valence-electron chi connectivity index (χ1n) is 9.24. The Morgan fingerprint density at radius 3 is 2.63 bits per heavy atom. The molecule has 1 unspecified atom stereocenters. The van der Waals surface area contributed by atoms with Crippen LogP contribution in [0.2, 0.25) is 0 Å². The van der Waals surface area contributed by atoms with Crippen molar-refractivity contribution in [1.29, 1.82) is 5.26 Å². The van der Waals surface area contributed by atoms with Crippen molar-refractivity contribution in [2.24, 2.45) is 5.92 Å². The Balaban J connectivity index is 1.77. The predicted octanol–water partition coefficient (Wildman–Crippen LogP) is 5.44. The minimum absolute atomic E-state index is 0.0142. The zero-order chi connectivity index (χ0) is 19.0. The summed E-state index contributed by atoms with van der Waals surface area (Å²) in [5.41, 5.74) is 0.485. The highest BCUT2D eigenvalue weighted by atomic mass is 19.1. The normalized spacial score (nSPS) is 20.2. The third-order valence-corrected chi connectivity index (χ3v) is 5.75. The number of nitrogens with zero attached hydrogens (tertiary/aromatic N) is 1. The van der Waals surface area contributed by atoms with Crippen molar-refractivity contribution in [1.82, 2.24) is 0 Å². The number of rotatable bonds is 3. The SMILES string of the molecule is N#CCCC1C(=O)c2ccc(-c3cc(F)ccc3F)cc2OC12CCCC2. The van der Waals surface area contributed by atoms with E-state index in [2.05, 4.69) is 6.07 Å². The van der Waals surface area contributed by atoms with Crippen molar-refractivity contribution < 1.29 is 18.3 Å². The van der Waals surface area contributed by atoms with E-state index in [0.29, 0.717) is 29.7 Å².